The van der Waals surface area contributed by atoms with Gasteiger partial charge >= 0.3 is 0 Å². The Morgan fingerprint density at radius 3 is 1.47 bits per heavy atom. The molecular weight excluding hydrogens is 412 g/mol. The first-order valence-corrected chi connectivity index (χ1v) is 9.42. The van der Waals surface area contributed by atoms with Crippen LogP contribution in [0.1, 0.15) is 34.6 Å². The van der Waals surface area contributed by atoms with Crippen LogP contribution in [-0.2, 0) is 9.59 Å². The molecule has 0 aliphatic heterocycles. The molecule has 0 saturated carbocycles. The third-order valence-electron chi connectivity index (χ3n) is 4.44. The van der Waals surface area contributed by atoms with Crippen molar-refractivity contribution in [2.75, 3.05) is 10.6 Å². The van der Waals surface area contributed by atoms with E-state index in [9.17, 15) is 19.2 Å². The van der Waals surface area contributed by atoms with E-state index < -0.39 is 11.8 Å². The minimum atomic E-state index is -0.823. The van der Waals surface area contributed by atoms with Gasteiger partial charge in [0, 0.05) is 48.5 Å². The number of carbonyl (C=O) groups is 4. The third kappa shape index (κ3) is 4.59. The molecule has 0 fully saturated rings. The summed E-state index contributed by atoms with van der Waals surface area (Å²) in [4.78, 5) is 56.4. The molecule has 3 rings (SSSR count). The van der Waals surface area contributed by atoms with Crippen molar-refractivity contribution in [3.63, 3.8) is 0 Å². The molecule has 6 N–H and O–H groups in total. The third-order valence-corrected chi connectivity index (χ3v) is 4.44. The molecule has 10 heteroatoms. The largest absolute Gasteiger partial charge is 0.366 e. The Morgan fingerprint density at radius 2 is 1.12 bits per heavy atom. The van der Waals surface area contributed by atoms with E-state index >= 15 is 0 Å². The summed E-state index contributed by atoms with van der Waals surface area (Å²) in [5.41, 5.74) is 12.8. The van der Waals surface area contributed by atoms with Crippen LogP contribution in [0.2, 0.25) is 0 Å². The molecule has 162 valence electrons. The van der Waals surface area contributed by atoms with Crippen LogP contribution in [0.5, 0.6) is 0 Å². The summed E-state index contributed by atoms with van der Waals surface area (Å²) in [7, 11) is 0. The van der Waals surface area contributed by atoms with Gasteiger partial charge in [0.25, 0.3) is 0 Å². The summed E-state index contributed by atoms with van der Waals surface area (Å²) in [6.45, 7) is 2.67. The highest BCUT2D eigenvalue weighted by molar-refractivity contribution is 6.09. The van der Waals surface area contributed by atoms with E-state index in [4.69, 9.17) is 11.5 Å². The van der Waals surface area contributed by atoms with Crippen LogP contribution in [0, 0.1) is 0 Å². The fourth-order valence-corrected chi connectivity index (χ4v) is 3.22. The van der Waals surface area contributed by atoms with Crippen LogP contribution < -0.4 is 22.1 Å². The fourth-order valence-electron chi connectivity index (χ4n) is 3.22. The van der Waals surface area contributed by atoms with Crippen molar-refractivity contribution >= 4 is 35.0 Å². The number of pyridine rings is 2. The van der Waals surface area contributed by atoms with Crippen molar-refractivity contribution in [2.24, 2.45) is 11.5 Å². The standard InChI is InChI=1S/C22H20N6O4/c1-11(29)27-17-5-3-7-25-19(17)13-9-14(16(22(24)32)10-15(13)21(23)31)20-18(28-12(2)30)6-4-8-26-20/h3-10H,1-2H3,(H2,23,31)(H2,24,32)(H,27,29)(H,28,30). The van der Waals surface area contributed by atoms with E-state index in [1.54, 1.807) is 24.3 Å². The smallest absolute Gasteiger partial charge is 0.249 e. The average Bonchev–Trinajstić information content (AvgIpc) is 2.72. The van der Waals surface area contributed by atoms with Gasteiger partial charge in [0.15, 0.2) is 0 Å². The molecule has 2 aromatic heterocycles. The predicted molar refractivity (Wildman–Crippen MR) is 119 cm³/mol. The molecule has 0 aliphatic carbocycles. The van der Waals surface area contributed by atoms with E-state index in [1.165, 1.54) is 38.4 Å². The zero-order chi connectivity index (χ0) is 23.4. The molecule has 0 bridgehead atoms. The number of anilines is 2. The monoisotopic (exact) mass is 432 g/mol. The molecule has 10 nitrogen and oxygen atoms in total. The van der Waals surface area contributed by atoms with Crippen molar-refractivity contribution in [1.29, 1.82) is 0 Å². The first-order chi connectivity index (χ1) is 15.2. The number of benzene rings is 1. The number of nitrogens with two attached hydrogens (primary N) is 2. The Labute approximate surface area is 183 Å². The minimum absolute atomic E-state index is 0.0233. The van der Waals surface area contributed by atoms with Gasteiger partial charge in [0.2, 0.25) is 23.6 Å². The first kappa shape index (κ1) is 22.1. The molecule has 3 aromatic rings. The summed E-state index contributed by atoms with van der Waals surface area (Å²) < 4.78 is 0. The van der Waals surface area contributed by atoms with Gasteiger partial charge in [0.05, 0.1) is 22.8 Å². The molecule has 0 saturated heterocycles. The zero-order valence-electron chi connectivity index (χ0n) is 17.3. The summed E-state index contributed by atoms with van der Waals surface area (Å²) >= 11 is 0. The minimum Gasteiger partial charge on any atom is -0.366 e. The van der Waals surface area contributed by atoms with Crippen LogP contribution in [0.4, 0.5) is 11.4 Å². The van der Waals surface area contributed by atoms with Crippen LogP contribution in [0.3, 0.4) is 0 Å². The van der Waals surface area contributed by atoms with E-state index in [2.05, 4.69) is 20.6 Å². The van der Waals surface area contributed by atoms with Gasteiger partial charge in [-0.05, 0) is 36.4 Å². The Balaban J connectivity index is 2.37. The van der Waals surface area contributed by atoms with Gasteiger partial charge in [-0.3, -0.25) is 29.1 Å². The normalized spacial score (nSPS) is 10.3. The number of primary amides is 2. The van der Waals surface area contributed by atoms with Crippen molar-refractivity contribution < 1.29 is 19.2 Å². The van der Waals surface area contributed by atoms with Crippen LogP contribution in [0.25, 0.3) is 22.5 Å². The number of nitrogens with zero attached hydrogens (tertiary/aromatic N) is 2. The van der Waals surface area contributed by atoms with Gasteiger partial charge in [-0.1, -0.05) is 0 Å². The number of hydrogen-bond acceptors (Lipinski definition) is 6. The second-order valence-electron chi connectivity index (χ2n) is 6.83. The fraction of sp³-hybridized carbons (Fsp3) is 0.0909. The second-order valence-corrected chi connectivity index (χ2v) is 6.83. The first-order valence-electron chi connectivity index (χ1n) is 9.42. The molecule has 0 spiro atoms. The van der Waals surface area contributed by atoms with Crippen LogP contribution in [-0.4, -0.2) is 33.6 Å². The maximum Gasteiger partial charge on any atom is 0.249 e. The molecule has 2 heterocycles. The quantitative estimate of drug-likeness (QED) is 0.463. The van der Waals surface area contributed by atoms with Gasteiger partial charge in [0.1, 0.15) is 0 Å². The number of carbonyl (C=O) groups excluding carboxylic acids is 4. The van der Waals surface area contributed by atoms with Crippen molar-refractivity contribution in [1.82, 2.24) is 9.97 Å². The van der Waals surface area contributed by atoms with Gasteiger partial charge < -0.3 is 22.1 Å². The Morgan fingerprint density at radius 1 is 0.719 bits per heavy atom. The number of aromatic nitrogens is 2. The Kier molecular flexibility index (Phi) is 6.24. The number of hydrogen-bond donors (Lipinski definition) is 4. The molecule has 32 heavy (non-hydrogen) atoms. The van der Waals surface area contributed by atoms with Crippen molar-refractivity contribution in [3.05, 3.63) is 59.9 Å². The molecule has 0 atom stereocenters. The van der Waals surface area contributed by atoms with Crippen molar-refractivity contribution in [2.45, 2.75) is 13.8 Å². The SMILES string of the molecule is CC(=O)Nc1cccnc1-c1cc(-c2ncccc2NC(C)=O)c(C(N)=O)cc1C(N)=O. The maximum absolute atomic E-state index is 12.2. The van der Waals surface area contributed by atoms with Crippen molar-refractivity contribution in [3.8, 4) is 22.5 Å². The predicted octanol–water partition coefficient (Wildman–Crippen LogP) is 1.93. The number of rotatable bonds is 6. The van der Waals surface area contributed by atoms with E-state index in [0.29, 0.717) is 11.4 Å². The van der Waals surface area contributed by atoms with E-state index in [-0.39, 0.29) is 45.5 Å². The van der Waals surface area contributed by atoms with Gasteiger partial charge in [-0.25, -0.2) is 0 Å². The topological polar surface area (TPSA) is 170 Å². The highest BCUT2D eigenvalue weighted by Crippen LogP contribution is 2.36. The Hall–Kier alpha value is -4.60. The molecular formula is C22H20N6O4. The van der Waals surface area contributed by atoms with E-state index in [1.807, 2.05) is 0 Å². The lowest BCUT2D eigenvalue weighted by molar-refractivity contribution is -0.115. The lowest BCUT2D eigenvalue weighted by Gasteiger charge is -2.17. The lowest BCUT2D eigenvalue weighted by atomic mass is 9.92. The highest BCUT2D eigenvalue weighted by atomic mass is 16.2. The summed E-state index contributed by atoms with van der Waals surface area (Å²) in [6.07, 6.45) is 2.97. The molecule has 4 amide bonds. The summed E-state index contributed by atoms with van der Waals surface area (Å²) in [6, 6.07) is 9.20. The zero-order valence-corrected chi connectivity index (χ0v) is 17.3. The lowest BCUT2D eigenvalue weighted by Crippen LogP contribution is -2.19. The maximum atomic E-state index is 12.2. The molecule has 1 aromatic carbocycles. The molecule has 0 unspecified atom stereocenters. The van der Waals surface area contributed by atoms with Crippen LogP contribution in [0.15, 0.2) is 48.8 Å². The van der Waals surface area contributed by atoms with Gasteiger partial charge in [-0.2, -0.15) is 0 Å². The second kappa shape index (κ2) is 9.04. The summed E-state index contributed by atoms with van der Waals surface area (Å²) in [5, 5.41) is 5.31. The highest BCUT2D eigenvalue weighted by Gasteiger charge is 2.23. The Bertz CT molecular complexity index is 1160. The van der Waals surface area contributed by atoms with Gasteiger partial charge in [-0.15, -0.1) is 0 Å². The molecule has 0 radical (unpaired) electrons. The van der Waals surface area contributed by atoms with Crippen LogP contribution >= 0.6 is 0 Å². The number of amides is 4. The number of nitrogens with one attached hydrogen (secondary N) is 2. The average molecular weight is 432 g/mol. The molecule has 0 aliphatic rings. The van der Waals surface area contributed by atoms with E-state index in [0.717, 1.165) is 0 Å². The summed E-state index contributed by atoms with van der Waals surface area (Å²) in [5.74, 6) is -2.33.